The Hall–Kier alpha value is -2.58. The van der Waals surface area contributed by atoms with Gasteiger partial charge in [0.25, 0.3) is 0 Å². The zero-order valence-corrected chi connectivity index (χ0v) is 15.2. The largest absolute Gasteiger partial charge is 0.340 e. The molecule has 0 aliphatic heterocycles. The Labute approximate surface area is 150 Å². The molecule has 26 heavy (non-hydrogen) atoms. The predicted molar refractivity (Wildman–Crippen MR) is 88.3 cm³/mol. The topological polar surface area (TPSA) is 117 Å². The average molecular weight is 358 g/mol. The molecule has 3 aromatic rings. The van der Waals surface area contributed by atoms with Gasteiger partial charge in [0.05, 0.1) is 0 Å². The molecule has 0 spiro atoms. The summed E-state index contributed by atoms with van der Waals surface area (Å²) in [5, 5.41) is 12.0. The molecule has 0 bridgehead atoms. The van der Waals surface area contributed by atoms with Crippen molar-refractivity contribution in [3.63, 3.8) is 0 Å². The van der Waals surface area contributed by atoms with E-state index in [9.17, 15) is 0 Å². The molecule has 3 aromatic heterocycles. The van der Waals surface area contributed by atoms with Crippen molar-refractivity contribution in [2.75, 3.05) is 0 Å². The van der Waals surface area contributed by atoms with Gasteiger partial charge < -0.3 is 13.6 Å². The van der Waals surface area contributed by atoms with Gasteiger partial charge in [-0.3, -0.25) is 0 Å². The smallest absolute Gasteiger partial charge is 0.226 e. The maximum Gasteiger partial charge on any atom is 0.226 e. The molecule has 0 saturated heterocycles. The third-order valence-electron chi connectivity index (χ3n) is 4.78. The van der Waals surface area contributed by atoms with Crippen LogP contribution in [0.2, 0.25) is 0 Å². The highest BCUT2D eigenvalue weighted by Gasteiger charge is 2.42. The Balaban J connectivity index is 1.28. The van der Waals surface area contributed by atoms with Gasteiger partial charge in [0.15, 0.2) is 17.5 Å². The Morgan fingerprint density at radius 1 is 1.04 bits per heavy atom. The first-order chi connectivity index (χ1) is 12.6. The van der Waals surface area contributed by atoms with Crippen molar-refractivity contribution in [3.05, 3.63) is 35.1 Å². The van der Waals surface area contributed by atoms with Crippen molar-refractivity contribution >= 4 is 0 Å². The number of aromatic nitrogens is 6. The lowest BCUT2D eigenvalue weighted by Gasteiger charge is -2.03. The van der Waals surface area contributed by atoms with Crippen molar-refractivity contribution < 1.29 is 13.6 Å². The number of hydrogen-bond acceptors (Lipinski definition) is 9. The molecule has 138 valence electrons. The molecule has 4 rings (SSSR count). The van der Waals surface area contributed by atoms with E-state index < -0.39 is 0 Å². The van der Waals surface area contributed by atoms with E-state index in [1.165, 1.54) is 0 Å². The summed E-state index contributed by atoms with van der Waals surface area (Å²) in [6.07, 6.45) is 4.10. The lowest BCUT2D eigenvalue weighted by Crippen LogP contribution is -2.00. The quantitative estimate of drug-likeness (QED) is 0.599. The molecule has 9 nitrogen and oxygen atoms in total. The zero-order valence-electron chi connectivity index (χ0n) is 15.2. The SMILES string of the molecule is CCc1noc(CCC(C)c2noc(CC3CC3c3noc(C)n3)n2)n1. The molecule has 3 heterocycles. The first-order valence-electron chi connectivity index (χ1n) is 9.06. The summed E-state index contributed by atoms with van der Waals surface area (Å²) in [4.78, 5) is 13.2. The maximum atomic E-state index is 5.42. The first kappa shape index (κ1) is 16.9. The van der Waals surface area contributed by atoms with Crippen molar-refractivity contribution in [1.29, 1.82) is 0 Å². The first-order valence-corrected chi connectivity index (χ1v) is 9.06. The van der Waals surface area contributed by atoms with Crippen LogP contribution in [0.3, 0.4) is 0 Å². The van der Waals surface area contributed by atoms with Gasteiger partial charge in [-0.15, -0.1) is 0 Å². The van der Waals surface area contributed by atoms with E-state index in [4.69, 9.17) is 13.6 Å². The van der Waals surface area contributed by atoms with E-state index in [0.717, 1.165) is 43.2 Å². The third kappa shape index (κ3) is 3.66. The van der Waals surface area contributed by atoms with Crippen molar-refractivity contribution in [3.8, 4) is 0 Å². The molecule has 3 atom stereocenters. The molecule has 0 N–H and O–H groups in total. The summed E-state index contributed by atoms with van der Waals surface area (Å²) in [5.74, 6) is 5.14. The van der Waals surface area contributed by atoms with Gasteiger partial charge in [-0.05, 0) is 18.8 Å². The maximum absolute atomic E-state index is 5.42. The van der Waals surface area contributed by atoms with Crippen LogP contribution in [0, 0.1) is 12.8 Å². The summed E-state index contributed by atoms with van der Waals surface area (Å²) >= 11 is 0. The second-order valence-corrected chi connectivity index (χ2v) is 6.92. The van der Waals surface area contributed by atoms with Gasteiger partial charge in [0, 0.05) is 38.0 Å². The predicted octanol–water partition coefficient (Wildman–Crippen LogP) is 2.79. The number of nitrogens with zero attached hydrogens (tertiary/aromatic N) is 6. The number of hydrogen-bond donors (Lipinski definition) is 0. The van der Waals surface area contributed by atoms with Gasteiger partial charge in [0.1, 0.15) is 0 Å². The second-order valence-electron chi connectivity index (χ2n) is 6.92. The molecule has 0 aromatic carbocycles. The highest BCUT2D eigenvalue weighted by molar-refractivity contribution is 5.11. The minimum Gasteiger partial charge on any atom is -0.340 e. The van der Waals surface area contributed by atoms with E-state index in [1.54, 1.807) is 6.92 Å². The molecule has 1 aliphatic rings. The van der Waals surface area contributed by atoms with E-state index in [-0.39, 0.29) is 5.92 Å². The monoisotopic (exact) mass is 358 g/mol. The molecule has 1 saturated carbocycles. The van der Waals surface area contributed by atoms with Gasteiger partial charge in [-0.2, -0.15) is 15.0 Å². The van der Waals surface area contributed by atoms with Crippen molar-refractivity contribution in [1.82, 2.24) is 30.4 Å². The van der Waals surface area contributed by atoms with Crippen LogP contribution in [0.15, 0.2) is 13.6 Å². The molecule has 0 amide bonds. The minimum absolute atomic E-state index is 0.166. The van der Waals surface area contributed by atoms with Crippen LogP contribution >= 0.6 is 0 Å². The molecule has 1 aliphatic carbocycles. The molecule has 0 radical (unpaired) electrons. The van der Waals surface area contributed by atoms with Crippen LogP contribution in [-0.2, 0) is 19.3 Å². The van der Waals surface area contributed by atoms with Gasteiger partial charge in [-0.1, -0.05) is 29.3 Å². The molecule has 1 fully saturated rings. The number of aryl methyl sites for hydroxylation is 3. The Bertz CT molecular complexity index is 869. The van der Waals surface area contributed by atoms with Crippen LogP contribution in [0.4, 0.5) is 0 Å². The van der Waals surface area contributed by atoms with Crippen LogP contribution in [0.25, 0.3) is 0 Å². The average Bonchev–Trinajstić information content (AvgIpc) is 3.05. The van der Waals surface area contributed by atoms with E-state index in [0.29, 0.717) is 35.9 Å². The van der Waals surface area contributed by atoms with Crippen LogP contribution in [0.5, 0.6) is 0 Å². The van der Waals surface area contributed by atoms with Gasteiger partial charge in [0.2, 0.25) is 17.7 Å². The summed E-state index contributed by atoms with van der Waals surface area (Å²) in [7, 11) is 0. The number of rotatable bonds is 8. The Morgan fingerprint density at radius 2 is 1.88 bits per heavy atom. The van der Waals surface area contributed by atoms with Crippen LogP contribution < -0.4 is 0 Å². The third-order valence-corrected chi connectivity index (χ3v) is 4.78. The normalized spacial score (nSPS) is 20.4. The molecule has 3 unspecified atom stereocenters. The highest BCUT2D eigenvalue weighted by Crippen LogP contribution is 2.47. The Morgan fingerprint density at radius 3 is 2.62 bits per heavy atom. The fourth-order valence-corrected chi connectivity index (χ4v) is 3.03. The highest BCUT2D eigenvalue weighted by atomic mass is 16.5. The van der Waals surface area contributed by atoms with Gasteiger partial charge in [-0.25, -0.2) is 0 Å². The van der Waals surface area contributed by atoms with E-state index in [2.05, 4.69) is 37.3 Å². The van der Waals surface area contributed by atoms with E-state index >= 15 is 0 Å². The minimum atomic E-state index is 0.166. The zero-order chi connectivity index (χ0) is 18.1. The molecular formula is C17H22N6O3. The summed E-state index contributed by atoms with van der Waals surface area (Å²) in [5.41, 5.74) is 0. The standard InChI is InChI=1S/C17H22N6O3/c1-4-13-19-14(25-21-13)6-5-9(2)16-20-15(26-22-16)8-11-7-12(11)17-18-10(3)24-23-17/h9,11-12H,4-8H2,1-3H3. The van der Waals surface area contributed by atoms with Crippen LogP contribution in [0.1, 0.15) is 73.7 Å². The lowest BCUT2D eigenvalue weighted by atomic mass is 10.1. The van der Waals surface area contributed by atoms with E-state index in [1.807, 2.05) is 6.92 Å². The molecule has 9 heteroatoms. The fourth-order valence-electron chi connectivity index (χ4n) is 3.03. The van der Waals surface area contributed by atoms with Crippen LogP contribution in [-0.4, -0.2) is 30.4 Å². The van der Waals surface area contributed by atoms with Crippen molar-refractivity contribution in [2.45, 2.75) is 64.7 Å². The molecular weight excluding hydrogens is 336 g/mol. The second kappa shape index (κ2) is 6.97. The van der Waals surface area contributed by atoms with Gasteiger partial charge >= 0.3 is 0 Å². The summed E-state index contributed by atoms with van der Waals surface area (Å²) in [6.45, 7) is 5.88. The van der Waals surface area contributed by atoms with Crippen molar-refractivity contribution in [2.24, 2.45) is 5.92 Å². The Kier molecular flexibility index (Phi) is 4.52. The summed E-state index contributed by atoms with van der Waals surface area (Å²) in [6, 6.07) is 0. The lowest BCUT2D eigenvalue weighted by molar-refractivity contribution is 0.356. The fraction of sp³-hybridized carbons (Fsp3) is 0.647. The summed E-state index contributed by atoms with van der Waals surface area (Å²) < 4.78 is 15.7.